The van der Waals surface area contributed by atoms with Gasteiger partial charge in [0.2, 0.25) is 0 Å². The number of halogens is 1. The Morgan fingerprint density at radius 2 is 1.93 bits per heavy atom. The summed E-state index contributed by atoms with van der Waals surface area (Å²) in [6.45, 7) is 15.5. The van der Waals surface area contributed by atoms with Crippen molar-refractivity contribution in [3.63, 3.8) is 0 Å². The minimum Gasteiger partial charge on any atom is -0.494 e. The smallest absolute Gasteiger partial charge is 0.194 e. The molecule has 2 rings (SSSR count). The lowest BCUT2D eigenvalue weighted by Crippen LogP contribution is -2.52. The average molecular weight is 394 g/mol. The number of ether oxygens (including phenoxy) is 1. The molecule has 1 aliphatic heterocycles. The molecular weight excluding hydrogens is 357 g/mol. The van der Waals surface area contributed by atoms with E-state index in [9.17, 15) is 4.39 Å². The summed E-state index contributed by atoms with van der Waals surface area (Å²) in [6, 6.07) is 5.20. The fourth-order valence-electron chi connectivity index (χ4n) is 3.20. The minimum atomic E-state index is -0.302. The van der Waals surface area contributed by atoms with Gasteiger partial charge in [-0.3, -0.25) is 9.89 Å². The topological polar surface area (TPSA) is 52.1 Å². The predicted molar refractivity (Wildman–Crippen MR) is 114 cm³/mol. The summed E-state index contributed by atoms with van der Waals surface area (Å²) in [5.41, 5.74) is 1.08. The van der Waals surface area contributed by atoms with Gasteiger partial charge in [0.25, 0.3) is 0 Å². The van der Waals surface area contributed by atoms with Gasteiger partial charge < -0.3 is 20.3 Å². The Balaban J connectivity index is 1.85. The summed E-state index contributed by atoms with van der Waals surface area (Å²) in [5, 5.41) is 6.87. The molecule has 0 saturated carbocycles. The number of hydrogen-bond donors (Lipinski definition) is 2. The summed E-state index contributed by atoms with van der Waals surface area (Å²) in [5.74, 6) is 0.971. The van der Waals surface area contributed by atoms with E-state index in [1.807, 2.05) is 6.07 Å². The van der Waals surface area contributed by atoms with Crippen LogP contribution in [-0.4, -0.2) is 74.2 Å². The molecule has 6 nitrogen and oxygen atoms in total. The van der Waals surface area contributed by atoms with Crippen molar-refractivity contribution in [3.05, 3.63) is 29.6 Å². The molecule has 0 aliphatic carbocycles. The van der Waals surface area contributed by atoms with Gasteiger partial charge in [-0.1, -0.05) is 6.07 Å². The number of guanidine groups is 1. The van der Waals surface area contributed by atoms with Crippen molar-refractivity contribution in [1.82, 2.24) is 20.4 Å². The van der Waals surface area contributed by atoms with E-state index in [-0.39, 0.29) is 11.4 Å². The van der Waals surface area contributed by atoms with Crippen LogP contribution >= 0.6 is 0 Å². The first-order chi connectivity index (χ1) is 13.3. The first kappa shape index (κ1) is 22.4. The summed E-state index contributed by atoms with van der Waals surface area (Å²) < 4.78 is 18.9. The highest BCUT2D eigenvalue weighted by molar-refractivity contribution is 5.80. The lowest BCUT2D eigenvalue weighted by molar-refractivity contribution is 0.172. The monoisotopic (exact) mass is 393 g/mol. The van der Waals surface area contributed by atoms with Gasteiger partial charge in [-0.15, -0.1) is 0 Å². The minimum absolute atomic E-state index is 0.112. The van der Waals surface area contributed by atoms with Crippen molar-refractivity contribution in [2.24, 2.45) is 4.99 Å². The van der Waals surface area contributed by atoms with Crippen LogP contribution < -0.4 is 15.4 Å². The lowest BCUT2D eigenvalue weighted by atomic mass is 10.1. The third-order valence-electron chi connectivity index (χ3n) is 4.66. The Labute approximate surface area is 169 Å². The van der Waals surface area contributed by atoms with Gasteiger partial charge in [-0.05, 0) is 45.4 Å². The van der Waals surface area contributed by atoms with E-state index in [1.165, 1.54) is 7.11 Å². The van der Waals surface area contributed by atoms with Gasteiger partial charge in [0.05, 0.1) is 13.7 Å². The second kappa shape index (κ2) is 10.6. The molecule has 0 bridgehead atoms. The summed E-state index contributed by atoms with van der Waals surface area (Å²) in [4.78, 5) is 9.43. The number of methoxy groups -OCH3 is 1. The number of piperazine rings is 1. The van der Waals surface area contributed by atoms with Crippen LogP contribution in [0, 0.1) is 5.82 Å². The molecule has 0 radical (unpaired) electrons. The highest BCUT2D eigenvalue weighted by Crippen LogP contribution is 2.19. The van der Waals surface area contributed by atoms with Crippen LogP contribution in [-0.2, 0) is 6.54 Å². The molecule has 1 saturated heterocycles. The molecule has 1 fully saturated rings. The van der Waals surface area contributed by atoms with Crippen molar-refractivity contribution in [1.29, 1.82) is 0 Å². The Morgan fingerprint density at radius 1 is 1.21 bits per heavy atom. The molecule has 2 N–H and O–H groups in total. The van der Waals surface area contributed by atoms with E-state index in [0.29, 0.717) is 5.75 Å². The molecule has 0 unspecified atom stereocenters. The maximum Gasteiger partial charge on any atom is 0.194 e. The fourth-order valence-corrected chi connectivity index (χ4v) is 3.20. The SMILES string of the molecule is CCNC(=NCCNC(C)(C)C)N1CCN(Cc2ccc(OC)c(F)c2)CC1. The Bertz CT molecular complexity index is 636. The van der Waals surface area contributed by atoms with Crippen LogP contribution in [0.4, 0.5) is 4.39 Å². The molecule has 1 aromatic rings. The van der Waals surface area contributed by atoms with E-state index in [4.69, 9.17) is 9.73 Å². The molecule has 1 aliphatic rings. The van der Waals surface area contributed by atoms with Crippen molar-refractivity contribution >= 4 is 5.96 Å². The number of nitrogens with one attached hydrogen (secondary N) is 2. The van der Waals surface area contributed by atoms with Gasteiger partial charge in [0, 0.05) is 51.4 Å². The van der Waals surface area contributed by atoms with Gasteiger partial charge in [-0.2, -0.15) is 0 Å². The quantitative estimate of drug-likeness (QED) is 0.423. The van der Waals surface area contributed by atoms with E-state index < -0.39 is 0 Å². The molecule has 0 amide bonds. The highest BCUT2D eigenvalue weighted by atomic mass is 19.1. The summed E-state index contributed by atoms with van der Waals surface area (Å²) in [6.07, 6.45) is 0. The van der Waals surface area contributed by atoms with Crippen LogP contribution in [0.5, 0.6) is 5.75 Å². The summed E-state index contributed by atoms with van der Waals surface area (Å²) in [7, 11) is 1.49. The van der Waals surface area contributed by atoms with E-state index >= 15 is 0 Å². The van der Waals surface area contributed by atoms with Crippen LogP contribution in [0.2, 0.25) is 0 Å². The number of aliphatic imine (C=N–C) groups is 1. The third-order valence-corrected chi connectivity index (χ3v) is 4.66. The Hall–Kier alpha value is -1.86. The number of nitrogens with zero attached hydrogens (tertiary/aromatic N) is 3. The molecule has 28 heavy (non-hydrogen) atoms. The average Bonchev–Trinajstić information content (AvgIpc) is 2.64. The van der Waals surface area contributed by atoms with Gasteiger partial charge in [0.1, 0.15) is 0 Å². The number of hydrogen-bond acceptors (Lipinski definition) is 4. The van der Waals surface area contributed by atoms with Crippen molar-refractivity contribution in [2.45, 2.75) is 39.8 Å². The van der Waals surface area contributed by atoms with Crippen molar-refractivity contribution in [3.8, 4) is 5.75 Å². The zero-order chi connectivity index (χ0) is 20.6. The maximum absolute atomic E-state index is 13.9. The van der Waals surface area contributed by atoms with Crippen molar-refractivity contribution in [2.75, 3.05) is 52.9 Å². The molecule has 7 heteroatoms. The highest BCUT2D eigenvalue weighted by Gasteiger charge is 2.20. The molecule has 0 atom stereocenters. The van der Waals surface area contributed by atoms with Crippen LogP contribution in [0.1, 0.15) is 33.3 Å². The van der Waals surface area contributed by atoms with Gasteiger partial charge >= 0.3 is 0 Å². The predicted octanol–water partition coefficient (Wildman–Crippen LogP) is 2.31. The molecule has 0 spiro atoms. The second-order valence-corrected chi connectivity index (χ2v) is 8.14. The number of benzene rings is 1. The van der Waals surface area contributed by atoms with Crippen LogP contribution in [0.15, 0.2) is 23.2 Å². The zero-order valence-corrected chi connectivity index (χ0v) is 18.0. The van der Waals surface area contributed by atoms with Gasteiger partial charge in [-0.25, -0.2) is 4.39 Å². The lowest BCUT2D eigenvalue weighted by Gasteiger charge is -2.36. The second-order valence-electron chi connectivity index (χ2n) is 8.14. The fraction of sp³-hybridized carbons (Fsp3) is 0.667. The maximum atomic E-state index is 13.9. The molecule has 158 valence electrons. The molecule has 0 aromatic heterocycles. The van der Waals surface area contributed by atoms with Crippen molar-refractivity contribution < 1.29 is 9.13 Å². The first-order valence-electron chi connectivity index (χ1n) is 10.2. The zero-order valence-electron chi connectivity index (χ0n) is 18.0. The Morgan fingerprint density at radius 3 is 2.50 bits per heavy atom. The van der Waals surface area contributed by atoms with Crippen LogP contribution in [0.25, 0.3) is 0 Å². The number of rotatable bonds is 7. The van der Waals surface area contributed by atoms with E-state index in [0.717, 1.165) is 63.9 Å². The van der Waals surface area contributed by atoms with Crippen LogP contribution in [0.3, 0.4) is 0 Å². The van der Waals surface area contributed by atoms with E-state index in [2.05, 4.69) is 48.1 Å². The van der Waals surface area contributed by atoms with E-state index in [1.54, 1.807) is 12.1 Å². The summed E-state index contributed by atoms with van der Waals surface area (Å²) >= 11 is 0. The standard InChI is InChI=1S/C21H36FN5O/c1-6-23-20(24-9-10-25-21(2,3)4)27-13-11-26(12-14-27)16-17-7-8-19(28-5)18(22)15-17/h7-8,15,25H,6,9-14,16H2,1-5H3,(H,23,24). The Kier molecular flexibility index (Phi) is 8.51. The largest absolute Gasteiger partial charge is 0.494 e. The van der Waals surface area contributed by atoms with Gasteiger partial charge in [0.15, 0.2) is 17.5 Å². The normalized spacial score (nSPS) is 16.4. The first-order valence-corrected chi connectivity index (χ1v) is 10.2. The molecule has 1 aromatic carbocycles. The molecule has 1 heterocycles. The molecular formula is C21H36FN5O. The third kappa shape index (κ3) is 7.28.